The molecule has 2 amide bonds. The van der Waals surface area contributed by atoms with E-state index in [0.717, 1.165) is 16.7 Å². The number of carbonyl (C=O) groups is 2. The number of hydrogen-bond acceptors (Lipinski definition) is 7. The van der Waals surface area contributed by atoms with Crippen molar-refractivity contribution in [1.82, 2.24) is 15.5 Å². The molecule has 1 saturated heterocycles. The summed E-state index contributed by atoms with van der Waals surface area (Å²) in [4.78, 5) is 31.2. The lowest BCUT2D eigenvalue weighted by molar-refractivity contribution is -0.134. The van der Waals surface area contributed by atoms with Crippen molar-refractivity contribution in [3.05, 3.63) is 35.9 Å². The van der Waals surface area contributed by atoms with Gasteiger partial charge in [-0.3, -0.25) is 9.79 Å². The van der Waals surface area contributed by atoms with Crippen molar-refractivity contribution in [3.8, 4) is 0 Å². The first-order valence-electron chi connectivity index (χ1n) is 12.9. The van der Waals surface area contributed by atoms with E-state index in [2.05, 4.69) is 20.4 Å². The lowest BCUT2D eigenvalue weighted by atomic mass is 9.82. The van der Waals surface area contributed by atoms with E-state index in [0.29, 0.717) is 12.4 Å². The third-order valence-electron chi connectivity index (χ3n) is 7.24. The van der Waals surface area contributed by atoms with Gasteiger partial charge in [0.2, 0.25) is 5.91 Å². The monoisotopic (exact) mass is 529 g/mol. The number of ether oxygens (including phenoxy) is 1. The summed E-state index contributed by atoms with van der Waals surface area (Å²) in [6.45, 7) is 11.0. The van der Waals surface area contributed by atoms with E-state index in [1.165, 1.54) is 12.0 Å². The van der Waals surface area contributed by atoms with Crippen LogP contribution in [0.15, 0.2) is 35.3 Å². The minimum atomic E-state index is -1.20. The van der Waals surface area contributed by atoms with Crippen molar-refractivity contribution in [3.63, 3.8) is 0 Å². The normalized spacial score (nSPS) is 20.8. The fraction of sp³-hybridized carbons (Fsp3) is 0.593. The Kier molecular flexibility index (Phi) is 9.25. The Morgan fingerprint density at radius 2 is 1.89 bits per heavy atom. The Morgan fingerprint density at radius 1 is 1.24 bits per heavy atom. The van der Waals surface area contributed by atoms with E-state index in [4.69, 9.17) is 4.65 Å². The molecule has 0 spiro atoms. The van der Waals surface area contributed by atoms with Gasteiger partial charge < -0.3 is 30.0 Å². The van der Waals surface area contributed by atoms with Gasteiger partial charge in [0, 0.05) is 12.1 Å². The summed E-state index contributed by atoms with van der Waals surface area (Å²) < 4.78 is 25.1. The zero-order valence-corrected chi connectivity index (χ0v) is 23.2. The van der Waals surface area contributed by atoms with Crippen LogP contribution in [-0.2, 0) is 14.2 Å². The number of nitrogens with one attached hydrogen (secondary N) is 2. The van der Waals surface area contributed by atoms with E-state index in [-0.39, 0.29) is 24.8 Å². The lowest BCUT2D eigenvalue weighted by Crippen LogP contribution is -2.55. The van der Waals surface area contributed by atoms with Crippen LogP contribution in [-0.4, -0.2) is 85.0 Å². The van der Waals surface area contributed by atoms with Gasteiger partial charge in [0.15, 0.2) is 0 Å². The van der Waals surface area contributed by atoms with E-state index in [1.807, 2.05) is 58.0 Å². The number of alkyl halides is 1. The number of halogens is 1. The summed E-state index contributed by atoms with van der Waals surface area (Å²) in [7, 11) is 2.85. The maximum absolute atomic E-state index is 14.6. The molecule has 1 aromatic rings. The molecule has 2 aliphatic heterocycles. The number of hydrogen-bond donors (Lipinski definition) is 3. The Balaban J connectivity index is 1.70. The van der Waals surface area contributed by atoms with E-state index in [1.54, 1.807) is 21.3 Å². The number of methoxy groups -OCH3 is 1. The number of benzene rings is 1. The predicted octanol–water partition coefficient (Wildman–Crippen LogP) is 2.16. The molecule has 11 heteroatoms. The average Bonchev–Trinajstić information content (AvgIpc) is 3.26. The molecule has 2 heterocycles. The molecule has 0 saturated carbocycles. The molecule has 1 radical (unpaired) electrons. The first-order valence-corrected chi connectivity index (χ1v) is 12.9. The van der Waals surface area contributed by atoms with Crippen molar-refractivity contribution in [2.45, 2.75) is 77.4 Å². The highest BCUT2D eigenvalue weighted by Gasteiger charge is 2.42. The fourth-order valence-corrected chi connectivity index (χ4v) is 4.11. The Labute approximate surface area is 225 Å². The lowest BCUT2D eigenvalue weighted by Gasteiger charge is -2.37. The fourth-order valence-electron chi connectivity index (χ4n) is 4.11. The molecule has 38 heavy (non-hydrogen) atoms. The summed E-state index contributed by atoms with van der Waals surface area (Å²) in [5.74, 6) is -0.0709. The Hall–Kier alpha value is -2.92. The molecule has 3 N–H and O–H groups in total. The minimum Gasteiger partial charge on any atom is -0.453 e. The van der Waals surface area contributed by atoms with Crippen LogP contribution in [0.2, 0.25) is 0 Å². The number of likely N-dealkylation sites (tertiary alicyclic amines) is 1. The molecule has 3 rings (SSSR count). The number of alkyl carbamates (subject to hydrolysis) is 1. The van der Waals surface area contributed by atoms with Gasteiger partial charge in [0.25, 0.3) is 0 Å². The summed E-state index contributed by atoms with van der Waals surface area (Å²) in [6, 6.07) is 6.24. The second-order valence-electron chi connectivity index (χ2n) is 11.1. The number of aliphatic imine (C=N–C) groups is 1. The molecule has 3 atom stereocenters. The smallest absolute Gasteiger partial charge is 0.407 e. The number of amidine groups is 1. The van der Waals surface area contributed by atoms with E-state index < -0.39 is 35.6 Å². The first-order chi connectivity index (χ1) is 17.7. The molecule has 207 valence electrons. The highest BCUT2D eigenvalue weighted by atomic mass is 19.1. The molecule has 1 aromatic carbocycles. The number of carbonyl (C=O) groups excluding carboxylic acids is 2. The predicted molar refractivity (Wildman–Crippen MR) is 146 cm³/mol. The minimum absolute atomic E-state index is 0.0686. The van der Waals surface area contributed by atoms with Crippen molar-refractivity contribution in [2.75, 3.05) is 20.2 Å². The summed E-state index contributed by atoms with van der Waals surface area (Å²) in [6.07, 6.45) is 0.144. The molecule has 0 bridgehead atoms. The van der Waals surface area contributed by atoms with Crippen LogP contribution in [0.1, 0.15) is 53.5 Å². The molecule has 0 aromatic heterocycles. The topological polar surface area (TPSA) is 112 Å². The van der Waals surface area contributed by atoms with Gasteiger partial charge >= 0.3 is 13.6 Å². The van der Waals surface area contributed by atoms with E-state index in [9.17, 15) is 19.1 Å². The van der Waals surface area contributed by atoms with Crippen LogP contribution >= 0.6 is 0 Å². The van der Waals surface area contributed by atoms with Gasteiger partial charge in [0.05, 0.1) is 37.4 Å². The van der Waals surface area contributed by atoms with Gasteiger partial charge in [-0.2, -0.15) is 0 Å². The number of aliphatic hydroxyl groups is 1. The molecular weight excluding hydrogens is 490 g/mol. The van der Waals surface area contributed by atoms with Crippen LogP contribution < -0.4 is 16.1 Å². The van der Waals surface area contributed by atoms with Gasteiger partial charge in [-0.25, -0.2) is 9.18 Å². The summed E-state index contributed by atoms with van der Waals surface area (Å²) in [5.41, 5.74) is 0.749. The van der Waals surface area contributed by atoms with Crippen LogP contribution in [0.3, 0.4) is 0 Å². The molecule has 2 aliphatic rings. The van der Waals surface area contributed by atoms with Gasteiger partial charge in [-0.15, -0.1) is 0 Å². The first kappa shape index (κ1) is 29.6. The molecule has 3 unspecified atom stereocenters. The van der Waals surface area contributed by atoms with Crippen LogP contribution in [0.5, 0.6) is 0 Å². The van der Waals surface area contributed by atoms with Crippen LogP contribution in [0.4, 0.5) is 9.18 Å². The van der Waals surface area contributed by atoms with Crippen molar-refractivity contribution in [2.24, 2.45) is 10.9 Å². The number of nitrogens with zero attached hydrogens (tertiary/aromatic N) is 2. The zero-order chi connectivity index (χ0) is 28.3. The summed E-state index contributed by atoms with van der Waals surface area (Å²) >= 11 is 0. The van der Waals surface area contributed by atoms with E-state index >= 15 is 0 Å². The van der Waals surface area contributed by atoms with Gasteiger partial charge in [0.1, 0.15) is 18.0 Å². The van der Waals surface area contributed by atoms with Crippen molar-refractivity contribution >= 4 is 36.5 Å². The SMILES string of the molecule is COC(=O)NC(C(=O)N1CC(F)CC1C1=NCC=C(c2ccc([B]OC(C)(C)C(C)(C)O)cc2)N1)C(C)C. The number of rotatable bonds is 9. The third kappa shape index (κ3) is 6.93. The second kappa shape index (κ2) is 11.9. The highest BCUT2D eigenvalue weighted by molar-refractivity contribution is 6.47. The zero-order valence-electron chi connectivity index (χ0n) is 23.2. The largest absolute Gasteiger partial charge is 0.453 e. The standard InChI is InChI=1S/C27H39BFN4O5/c1-16(2)22(32-25(35)37-7)24(34)33-15-19(29)14-21(33)23-30-13-12-20(31-23)17-8-10-18(11-9-17)28-38-27(5,6)26(3,4)36/h8-12,16,19,21-22,36H,13-15H2,1-7H3,(H,30,31)(H,32,35). The third-order valence-corrected chi connectivity index (χ3v) is 7.24. The molecule has 9 nitrogen and oxygen atoms in total. The van der Waals surface area contributed by atoms with Crippen molar-refractivity contribution < 1.29 is 28.5 Å². The van der Waals surface area contributed by atoms with Gasteiger partial charge in [-0.1, -0.05) is 43.6 Å². The van der Waals surface area contributed by atoms with Gasteiger partial charge in [-0.05, 0) is 45.3 Å². The quantitative estimate of drug-likeness (QED) is 0.423. The van der Waals surface area contributed by atoms with Crippen LogP contribution in [0, 0.1) is 5.92 Å². The average molecular weight is 529 g/mol. The molecule has 0 aliphatic carbocycles. The Bertz CT molecular complexity index is 1070. The maximum Gasteiger partial charge on any atom is 0.407 e. The van der Waals surface area contributed by atoms with Crippen LogP contribution in [0.25, 0.3) is 5.70 Å². The Morgan fingerprint density at radius 3 is 2.47 bits per heavy atom. The maximum atomic E-state index is 14.6. The number of amides is 2. The second-order valence-corrected chi connectivity index (χ2v) is 11.1. The highest BCUT2D eigenvalue weighted by Crippen LogP contribution is 2.26. The summed E-state index contributed by atoms with van der Waals surface area (Å²) in [5, 5.41) is 16.2. The molecule has 1 fully saturated rings. The molecular formula is C27H39BFN4O5. The van der Waals surface area contributed by atoms with Crippen molar-refractivity contribution in [1.29, 1.82) is 0 Å².